The number of hydrogen-bond acceptors (Lipinski definition) is 2. The third-order valence-corrected chi connectivity index (χ3v) is 4.43. The Morgan fingerprint density at radius 1 is 1.33 bits per heavy atom. The quantitative estimate of drug-likeness (QED) is 0.802. The highest BCUT2D eigenvalue weighted by atomic mass is 32.2. The van der Waals surface area contributed by atoms with Gasteiger partial charge in [-0.3, -0.25) is 4.79 Å². The van der Waals surface area contributed by atoms with Crippen molar-refractivity contribution in [3.63, 3.8) is 0 Å². The van der Waals surface area contributed by atoms with Gasteiger partial charge in [-0.2, -0.15) is 0 Å². The number of amides is 1. The van der Waals surface area contributed by atoms with Gasteiger partial charge in [0.05, 0.1) is 0 Å². The lowest BCUT2D eigenvalue weighted by molar-refractivity contribution is 0.0766. The summed E-state index contributed by atoms with van der Waals surface area (Å²) in [6.45, 7) is 7.42. The van der Waals surface area contributed by atoms with E-state index in [0.717, 1.165) is 24.3 Å². The normalized spacial score (nSPS) is 18.6. The van der Waals surface area contributed by atoms with Gasteiger partial charge >= 0.3 is 0 Å². The lowest BCUT2D eigenvalue weighted by Gasteiger charge is -2.25. The first-order chi connectivity index (χ1) is 8.65. The third-order valence-electron chi connectivity index (χ3n) is 3.27. The van der Waals surface area contributed by atoms with Gasteiger partial charge < -0.3 is 4.90 Å². The molecule has 0 spiro atoms. The van der Waals surface area contributed by atoms with E-state index in [1.54, 1.807) is 0 Å². The van der Waals surface area contributed by atoms with Gasteiger partial charge in [-0.25, -0.2) is 0 Å². The Balaban J connectivity index is 2.23. The maximum absolute atomic E-state index is 12.4. The van der Waals surface area contributed by atoms with Gasteiger partial charge in [-0.05, 0) is 29.7 Å². The van der Waals surface area contributed by atoms with Crippen molar-refractivity contribution in [2.45, 2.75) is 32.6 Å². The first-order valence-corrected chi connectivity index (χ1v) is 7.71. The summed E-state index contributed by atoms with van der Waals surface area (Å²) < 4.78 is 0. The molecule has 1 aliphatic heterocycles. The molecule has 1 atom stereocenters. The molecule has 0 N–H and O–H groups in total. The van der Waals surface area contributed by atoms with E-state index >= 15 is 0 Å². The average molecular weight is 263 g/mol. The first-order valence-electron chi connectivity index (χ1n) is 6.66. The van der Waals surface area contributed by atoms with Crippen LogP contribution in [0.4, 0.5) is 0 Å². The number of carbonyl (C=O) groups is 1. The minimum absolute atomic E-state index is 0.206. The third kappa shape index (κ3) is 2.56. The lowest BCUT2D eigenvalue weighted by Crippen LogP contribution is -2.28. The van der Waals surface area contributed by atoms with Gasteiger partial charge in [0, 0.05) is 12.1 Å². The van der Waals surface area contributed by atoms with Crippen LogP contribution in [0.5, 0.6) is 0 Å². The van der Waals surface area contributed by atoms with E-state index in [9.17, 15) is 4.79 Å². The van der Waals surface area contributed by atoms with Crippen molar-refractivity contribution >= 4 is 17.7 Å². The van der Waals surface area contributed by atoms with E-state index in [1.807, 2.05) is 34.9 Å². The number of hydrogen-bond donors (Lipinski definition) is 0. The zero-order chi connectivity index (χ0) is 13.1. The predicted octanol–water partition coefficient (Wildman–Crippen LogP) is 3.94. The fourth-order valence-electron chi connectivity index (χ4n) is 2.29. The summed E-state index contributed by atoms with van der Waals surface area (Å²) in [5.41, 5.74) is 2.09. The van der Waals surface area contributed by atoms with Crippen LogP contribution in [0.3, 0.4) is 0 Å². The lowest BCUT2D eigenvalue weighted by atomic mass is 10.1. The van der Waals surface area contributed by atoms with Gasteiger partial charge in [0.1, 0.15) is 5.37 Å². The van der Waals surface area contributed by atoms with Crippen LogP contribution >= 0.6 is 11.8 Å². The monoisotopic (exact) mass is 263 g/mol. The van der Waals surface area contributed by atoms with Crippen LogP contribution in [0.2, 0.25) is 0 Å². The highest BCUT2D eigenvalue weighted by Gasteiger charge is 2.35. The second-order valence-electron chi connectivity index (χ2n) is 5.08. The molecule has 2 nitrogen and oxygen atoms in total. The number of carbonyl (C=O) groups excluding carboxylic acids is 1. The minimum Gasteiger partial charge on any atom is -0.322 e. The summed E-state index contributed by atoms with van der Waals surface area (Å²) in [6, 6.07) is 8.03. The van der Waals surface area contributed by atoms with Gasteiger partial charge in [0.2, 0.25) is 0 Å². The van der Waals surface area contributed by atoms with Crippen LogP contribution in [0.1, 0.15) is 48.5 Å². The molecule has 1 amide bonds. The van der Waals surface area contributed by atoms with E-state index in [1.165, 1.54) is 5.56 Å². The fraction of sp³-hybridized carbons (Fsp3) is 0.533. The van der Waals surface area contributed by atoms with E-state index in [-0.39, 0.29) is 11.3 Å². The van der Waals surface area contributed by atoms with Crippen LogP contribution in [0.25, 0.3) is 0 Å². The van der Waals surface area contributed by atoms with Gasteiger partial charge in [0.15, 0.2) is 0 Å². The minimum atomic E-state index is 0.206. The molecule has 1 aliphatic rings. The molecular formula is C15H21NOS. The molecule has 0 saturated carbocycles. The highest BCUT2D eigenvalue weighted by Crippen LogP contribution is 2.41. The molecule has 2 rings (SSSR count). The van der Waals surface area contributed by atoms with Gasteiger partial charge in [-0.1, -0.05) is 39.0 Å². The number of rotatable bonds is 5. The number of benzene rings is 1. The molecule has 98 valence electrons. The maximum Gasteiger partial charge on any atom is 0.255 e. The van der Waals surface area contributed by atoms with E-state index in [4.69, 9.17) is 0 Å². The van der Waals surface area contributed by atoms with Crippen molar-refractivity contribution in [3.8, 4) is 0 Å². The molecule has 1 unspecified atom stereocenters. The Labute approximate surface area is 114 Å². The molecule has 0 aliphatic carbocycles. The van der Waals surface area contributed by atoms with Crippen molar-refractivity contribution < 1.29 is 4.79 Å². The second kappa shape index (κ2) is 5.79. The Hall–Kier alpha value is -0.960. The molecule has 3 heteroatoms. The first kappa shape index (κ1) is 13.5. The Morgan fingerprint density at radius 3 is 2.72 bits per heavy atom. The summed E-state index contributed by atoms with van der Waals surface area (Å²) in [4.78, 5) is 14.4. The summed E-state index contributed by atoms with van der Waals surface area (Å²) in [5.74, 6) is 1.87. The summed E-state index contributed by atoms with van der Waals surface area (Å²) in [5, 5.41) is 0.220. The van der Waals surface area contributed by atoms with Crippen LogP contribution < -0.4 is 0 Å². The van der Waals surface area contributed by atoms with Crippen LogP contribution in [-0.2, 0) is 0 Å². The zero-order valence-electron chi connectivity index (χ0n) is 11.3. The number of thioether (sulfide) groups is 1. The largest absolute Gasteiger partial charge is 0.322 e. The van der Waals surface area contributed by atoms with Crippen molar-refractivity contribution in [2.24, 2.45) is 5.92 Å². The van der Waals surface area contributed by atoms with Crippen molar-refractivity contribution in [2.75, 3.05) is 12.3 Å². The molecule has 18 heavy (non-hydrogen) atoms. The second-order valence-corrected chi connectivity index (χ2v) is 6.43. The Bertz CT molecular complexity index is 430. The SMILES string of the molecule is CCSC1c2ccccc2C(=O)N1CCC(C)C. The van der Waals surface area contributed by atoms with Crippen LogP contribution in [0, 0.1) is 5.92 Å². The molecule has 0 radical (unpaired) electrons. The smallest absolute Gasteiger partial charge is 0.255 e. The topological polar surface area (TPSA) is 20.3 Å². The standard InChI is InChI=1S/C15H21NOS/c1-4-18-15-13-8-6-5-7-12(13)14(17)16(15)10-9-11(2)3/h5-8,11,15H,4,9-10H2,1-3H3. The van der Waals surface area contributed by atoms with Crippen LogP contribution in [-0.4, -0.2) is 23.1 Å². The Morgan fingerprint density at radius 2 is 2.06 bits per heavy atom. The summed E-state index contributed by atoms with van der Waals surface area (Å²) >= 11 is 1.85. The highest BCUT2D eigenvalue weighted by molar-refractivity contribution is 7.99. The van der Waals surface area contributed by atoms with Crippen molar-refractivity contribution in [1.29, 1.82) is 0 Å². The molecule has 0 aromatic heterocycles. The fourth-order valence-corrected chi connectivity index (χ4v) is 3.37. The molecule has 1 aromatic rings. The predicted molar refractivity (Wildman–Crippen MR) is 77.8 cm³/mol. The molecular weight excluding hydrogens is 242 g/mol. The molecule has 1 heterocycles. The van der Waals surface area contributed by atoms with Crippen LogP contribution in [0.15, 0.2) is 24.3 Å². The maximum atomic E-state index is 12.4. The molecule has 1 aromatic carbocycles. The van der Waals surface area contributed by atoms with E-state index in [2.05, 4.69) is 26.8 Å². The molecule has 0 fully saturated rings. The van der Waals surface area contributed by atoms with Crippen molar-refractivity contribution in [1.82, 2.24) is 4.90 Å². The number of nitrogens with zero attached hydrogens (tertiary/aromatic N) is 1. The van der Waals surface area contributed by atoms with Gasteiger partial charge in [0.25, 0.3) is 5.91 Å². The Kier molecular flexibility index (Phi) is 4.33. The molecule has 0 saturated heterocycles. The van der Waals surface area contributed by atoms with E-state index < -0.39 is 0 Å². The number of fused-ring (bicyclic) bond motifs is 1. The average Bonchev–Trinajstić information content (AvgIpc) is 2.62. The zero-order valence-corrected chi connectivity index (χ0v) is 12.2. The summed E-state index contributed by atoms with van der Waals surface area (Å²) in [7, 11) is 0. The molecule has 0 bridgehead atoms. The summed E-state index contributed by atoms with van der Waals surface area (Å²) in [6.07, 6.45) is 1.07. The van der Waals surface area contributed by atoms with Crippen molar-refractivity contribution in [3.05, 3.63) is 35.4 Å². The van der Waals surface area contributed by atoms with E-state index in [0.29, 0.717) is 5.92 Å². The van der Waals surface area contributed by atoms with Gasteiger partial charge in [-0.15, -0.1) is 11.8 Å².